The summed E-state index contributed by atoms with van der Waals surface area (Å²) in [5.74, 6) is 0.645. The summed E-state index contributed by atoms with van der Waals surface area (Å²) < 4.78 is 1.53. The van der Waals surface area contributed by atoms with Crippen LogP contribution >= 0.6 is 0 Å². The molecule has 1 amide bonds. The second-order valence-electron chi connectivity index (χ2n) is 7.83. The Morgan fingerprint density at radius 3 is 2.21 bits per heavy atom. The third-order valence-corrected chi connectivity index (χ3v) is 5.45. The highest BCUT2D eigenvalue weighted by atomic mass is 16.2. The van der Waals surface area contributed by atoms with E-state index in [-0.39, 0.29) is 23.7 Å². The van der Waals surface area contributed by atoms with Crippen LogP contribution in [0.3, 0.4) is 0 Å². The summed E-state index contributed by atoms with van der Waals surface area (Å²) in [5.41, 5.74) is 5.14. The molecule has 0 fully saturated rings. The number of fused-ring (bicyclic) bond motifs is 1. The highest BCUT2D eigenvalue weighted by molar-refractivity contribution is 5.77. The Morgan fingerprint density at radius 1 is 1.00 bits per heavy atom. The number of nitrogens with one attached hydrogen (secondary N) is 2. The first-order valence-corrected chi connectivity index (χ1v) is 10.7. The van der Waals surface area contributed by atoms with Gasteiger partial charge in [0.1, 0.15) is 11.5 Å². The monoisotopic (exact) mass is 408 g/mol. The van der Waals surface area contributed by atoms with Crippen molar-refractivity contribution in [3.8, 4) is 0 Å². The number of anilines is 2. The lowest BCUT2D eigenvalue weighted by molar-refractivity contribution is -0.119. The minimum atomic E-state index is -0.365. The molecule has 1 aromatic heterocycles. The van der Waals surface area contributed by atoms with Gasteiger partial charge in [0, 0.05) is 27.2 Å². The van der Waals surface area contributed by atoms with Crippen LogP contribution in [-0.4, -0.2) is 48.8 Å². The smallest absolute Gasteiger partial charge is 0.329 e. The van der Waals surface area contributed by atoms with Crippen molar-refractivity contribution in [3.05, 3.63) is 20.8 Å². The van der Waals surface area contributed by atoms with E-state index in [9.17, 15) is 14.4 Å². The second kappa shape index (κ2) is 11.6. The van der Waals surface area contributed by atoms with Crippen molar-refractivity contribution in [2.45, 2.75) is 57.8 Å². The molecule has 0 atom stereocenters. The highest BCUT2D eigenvalue weighted by Crippen LogP contribution is 2.29. The Hall–Kier alpha value is -2.29. The number of amides is 1. The van der Waals surface area contributed by atoms with Gasteiger partial charge in [-0.2, -0.15) is 0 Å². The normalized spacial score (nSPS) is 13.1. The van der Waals surface area contributed by atoms with Crippen LogP contribution in [0.25, 0.3) is 0 Å². The summed E-state index contributed by atoms with van der Waals surface area (Å²) in [4.78, 5) is 41.4. The first-order valence-electron chi connectivity index (χ1n) is 10.7. The molecule has 9 heteroatoms. The summed E-state index contributed by atoms with van der Waals surface area (Å²) in [6, 6.07) is 0. The van der Waals surface area contributed by atoms with Crippen molar-refractivity contribution in [2.75, 3.05) is 43.2 Å². The third kappa shape index (κ3) is 6.62. The maximum absolute atomic E-state index is 12.1. The van der Waals surface area contributed by atoms with E-state index in [0.717, 1.165) is 44.6 Å². The maximum Gasteiger partial charge on any atom is 0.329 e. The summed E-state index contributed by atoms with van der Waals surface area (Å²) in [5, 5.41) is 2.79. The van der Waals surface area contributed by atoms with Crippen LogP contribution in [0.4, 0.5) is 11.5 Å². The Labute approximate surface area is 172 Å². The fourth-order valence-corrected chi connectivity index (χ4v) is 3.84. The number of unbranched alkanes of at least 4 members (excludes halogenated alkanes) is 8. The fourth-order valence-electron chi connectivity index (χ4n) is 3.84. The topological polar surface area (TPSA) is 116 Å². The summed E-state index contributed by atoms with van der Waals surface area (Å²) >= 11 is 0. The van der Waals surface area contributed by atoms with E-state index < -0.39 is 0 Å². The molecule has 0 saturated carbocycles. The average molecular weight is 409 g/mol. The largest absolute Gasteiger partial charge is 0.355 e. The van der Waals surface area contributed by atoms with Crippen LogP contribution in [0.2, 0.25) is 0 Å². The quantitative estimate of drug-likeness (QED) is 0.417. The number of hydrogen-bond donors (Lipinski definition) is 3. The minimum absolute atomic E-state index is 0.0668. The van der Waals surface area contributed by atoms with Crippen molar-refractivity contribution >= 4 is 17.4 Å². The van der Waals surface area contributed by atoms with Crippen molar-refractivity contribution in [1.82, 2.24) is 14.9 Å². The van der Waals surface area contributed by atoms with E-state index in [4.69, 9.17) is 5.73 Å². The number of aromatic amines is 1. The Kier molecular flexibility index (Phi) is 9.24. The van der Waals surface area contributed by atoms with Gasteiger partial charge in [-0.05, 0) is 12.8 Å². The molecule has 2 rings (SSSR count). The van der Waals surface area contributed by atoms with Crippen LogP contribution in [0.1, 0.15) is 57.8 Å². The first-order chi connectivity index (χ1) is 14.0. The molecule has 0 bridgehead atoms. The molecule has 0 saturated heterocycles. The molecule has 0 aromatic carbocycles. The van der Waals surface area contributed by atoms with Crippen LogP contribution in [0, 0.1) is 0 Å². The first kappa shape index (κ1) is 23.0. The SMILES string of the molecule is CN1CN(CCCCCCCCCCCNC(=O)CN)c2c1c(=O)[nH]c(=O)n2C. The maximum atomic E-state index is 12.1. The summed E-state index contributed by atoms with van der Waals surface area (Å²) in [6.45, 7) is 2.28. The predicted molar refractivity (Wildman–Crippen MR) is 117 cm³/mol. The molecule has 0 aliphatic carbocycles. The van der Waals surface area contributed by atoms with Gasteiger partial charge >= 0.3 is 5.69 Å². The molecule has 0 spiro atoms. The number of aromatic nitrogens is 2. The Morgan fingerprint density at radius 2 is 1.59 bits per heavy atom. The zero-order chi connectivity index (χ0) is 21.2. The van der Waals surface area contributed by atoms with Crippen molar-refractivity contribution < 1.29 is 4.79 Å². The Bertz CT molecular complexity index is 772. The standard InChI is InChI=1S/C20H36N6O3/c1-24-15-26(19-17(24)18(28)23-20(29)25(19)2)13-11-9-7-5-3-4-6-8-10-12-22-16(27)14-21/h3-15,21H2,1-2H3,(H,22,27)(H,23,28,29). The van der Waals surface area contributed by atoms with Gasteiger partial charge in [0.05, 0.1) is 13.2 Å². The number of nitrogens with zero attached hydrogens (tertiary/aromatic N) is 3. The van der Waals surface area contributed by atoms with Gasteiger partial charge in [0.25, 0.3) is 5.56 Å². The summed E-state index contributed by atoms with van der Waals surface area (Å²) in [7, 11) is 3.58. The molecule has 9 nitrogen and oxygen atoms in total. The van der Waals surface area contributed by atoms with Crippen molar-refractivity contribution in [2.24, 2.45) is 12.8 Å². The number of H-pyrrole nitrogens is 1. The molecule has 0 radical (unpaired) electrons. The molecule has 1 aromatic rings. The van der Waals surface area contributed by atoms with Gasteiger partial charge in [0.2, 0.25) is 5.91 Å². The van der Waals surface area contributed by atoms with Gasteiger partial charge in [-0.25, -0.2) is 4.79 Å². The van der Waals surface area contributed by atoms with Gasteiger partial charge in [-0.15, -0.1) is 0 Å². The lowest BCUT2D eigenvalue weighted by Crippen LogP contribution is -2.32. The molecule has 164 valence electrons. The number of carbonyl (C=O) groups is 1. The second-order valence-corrected chi connectivity index (χ2v) is 7.83. The van der Waals surface area contributed by atoms with E-state index in [1.807, 2.05) is 11.9 Å². The molecule has 1 aliphatic rings. The fraction of sp³-hybridized carbons (Fsp3) is 0.750. The van der Waals surface area contributed by atoms with Gasteiger partial charge < -0.3 is 20.9 Å². The molecule has 2 heterocycles. The number of hydrogen-bond acceptors (Lipinski definition) is 6. The van der Waals surface area contributed by atoms with Crippen LogP contribution in [-0.2, 0) is 11.8 Å². The third-order valence-electron chi connectivity index (χ3n) is 5.45. The van der Waals surface area contributed by atoms with E-state index >= 15 is 0 Å². The van der Waals surface area contributed by atoms with Crippen LogP contribution in [0.5, 0.6) is 0 Å². The molecule has 29 heavy (non-hydrogen) atoms. The lowest BCUT2D eigenvalue weighted by atomic mass is 10.1. The van der Waals surface area contributed by atoms with Crippen LogP contribution in [0.15, 0.2) is 9.59 Å². The number of nitrogens with two attached hydrogens (primary N) is 1. The van der Waals surface area contributed by atoms with E-state index in [1.54, 1.807) is 7.05 Å². The lowest BCUT2D eigenvalue weighted by Gasteiger charge is -2.20. The summed E-state index contributed by atoms with van der Waals surface area (Å²) in [6.07, 6.45) is 10.5. The highest BCUT2D eigenvalue weighted by Gasteiger charge is 2.28. The Balaban J connectivity index is 1.56. The molecule has 0 unspecified atom stereocenters. The van der Waals surface area contributed by atoms with Gasteiger partial charge in [-0.1, -0.05) is 44.9 Å². The van der Waals surface area contributed by atoms with Gasteiger partial charge in [0.15, 0.2) is 0 Å². The molecular weight excluding hydrogens is 372 g/mol. The molecule has 4 N–H and O–H groups in total. The van der Waals surface area contributed by atoms with Gasteiger partial charge in [-0.3, -0.25) is 19.1 Å². The van der Waals surface area contributed by atoms with E-state index in [1.165, 1.54) is 36.7 Å². The minimum Gasteiger partial charge on any atom is -0.355 e. The van der Waals surface area contributed by atoms with Crippen molar-refractivity contribution in [3.63, 3.8) is 0 Å². The molecule has 1 aliphatic heterocycles. The van der Waals surface area contributed by atoms with Crippen molar-refractivity contribution in [1.29, 1.82) is 0 Å². The van der Waals surface area contributed by atoms with E-state index in [2.05, 4.69) is 15.2 Å². The van der Waals surface area contributed by atoms with Crippen LogP contribution < -0.4 is 32.1 Å². The average Bonchev–Trinajstić information content (AvgIpc) is 3.03. The predicted octanol–water partition coefficient (Wildman–Crippen LogP) is 0.873. The van der Waals surface area contributed by atoms with E-state index in [0.29, 0.717) is 12.4 Å². The zero-order valence-corrected chi connectivity index (χ0v) is 17.8. The molecular formula is C20H36N6O3. The zero-order valence-electron chi connectivity index (χ0n) is 17.8. The number of carbonyl (C=O) groups excluding carboxylic acids is 1. The number of rotatable bonds is 13.